The Morgan fingerprint density at radius 1 is 1.62 bits per heavy atom. The first kappa shape index (κ1) is 10.5. The Hall–Kier alpha value is -0.580. The van der Waals surface area contributed by atoms with Crippen LogP contribution in [-0.2, 0) is 0 Å². The van der Waals surface area contributed by atoms with E-state index in [1.54, 1.807) is 13.1 Å². The molecule has 0 amide bonds. The summed E-state index contributed by atoms with van der Waals surface area (Å²) >= 11 is 1.51. The molecule has 1 atom stereocenters. The molecule has 0 bridgehead atoms. The average Bonchev–Trinajstić information content (AvgIpc) is 2.17. The van der Waals surface area contributed by atoms with Gasteiger partial charge in [-0.25, -0.2) is 4.98 Å². The molecular weight excluding hydrogens is 184 g/mol. The minimum atomic E-state index is -0.803. The summed E-state index contributed by atoms with van der Waals surface area (Å²) in [7, 11) is 0. The van der Waals surface area contributed by atoms with Crippen molar-refractivity contribution in [1.82, 2.24) is 4.98 Å². The summed E-state index contributed by atoms with van der Waals surface area (Å²) in [4.78, 5) is 4.13. The molecule has 0 fully saturated rings. The molecule has 0 saturated carbocycles. The normalized spacial score (nSPS) is 15.3. The minimum absolute atomic E-state index is 0.271. The van der Waals surface area contributed by atoms with Crippen LogP contribution in [0.4, 0.5) is 0 Å². The largest absolute Gasteiger partial charge is 0.388 e. The Labute approximate surface area is 82.4 Å². The lowest BCUT2D eigenvalue weighted by Crippen LogP contribution is -2.36. The molecule has 0 saturated heterocycles. The van der Waals surface area contributed by atoms with E-state index in [0.717, 1.165) is 5.03 Å². The number of hydrogen-bond donors (Lipinski definition) is 2. The second-order valence-corrected chi connectivity index (χ2v) is 4.15. The first-order valence-electron chi connectivity index (χ1n) is 4.10. The van der Waals surface area contributed by atoms with Gasteiger partial charge in [0.15, 0.2) is 0 Å². The van der Waals surface area contributed by atoms with Gasteiger partial charge < -0.3 is 10.8 Å². The van der Waals surface area contributed by atoms with Crippen molar-refractivity contribution < 1.29 is 5.11 Å². The monoisotopic (exact) mass is 198 g/mol. The minimum Gasteiger partial charge on any atom is -0.388 e. The molecule has 0 spiro atoms. The van der Waals surface area contributed by atoms with Gasteiger partial charge in [-0.1, -0.05) is 6.07 Å². The van der Waals surface area contributed by atoms with Crippen LogP contribution < -0.4 is 5.73 Å². The third-order valence-corrected chi connectivity index (χ3v) is 2.91. The number of rotatable bonds is 4. The molecule has 1 aromatic heterocycles. The zero-order chi connectivity index (χ0) is 9.73. The molecule has 0 aliphatic carbocycles. The van der Waals surface area contributed by atoms with Crippen LogP contribution in [-0.4, -0.2) is 28.0 Å². The lowest BCUT2D eigenvalue weighted by molar-refractivity contribution is 0.0949. The lowest BCUT2D eigenvalue weighted by Gasteiger charge is -2.19. The van der Waals surface area contributed by atoms with E-state index in [1.807, 2.05) is 18.2 Å². The van der Waals surface area contributed by atoms with Gasteiger partial charge in [0.25, 0.3) is 0 Å². The number of thioether (sulfide) groups is 1. The highest BCUT2D eigenvalue weighted by atomic mass is 32.2. The summed E-state index contributed by atoms with van der Waals surface area (Å²) < 4.78 is 0. The number of pyridine rings is 1. The Morgan fingerprint density at radius 2 is 2.38 bits per heavy atom. The van der Waals surface area contributed by atoms with Gasteiger partial charge in [0.1, 0.15) is 0 Å². The Balaban J connectivity index is 2.44. The van der Waals surface area contributed by atoms with Crippen LogP contribution in [0.1, 0.15) is 6.92 Å². The zero-order valence-corrected chi connectivity index (χ0v) is 8.42. The fourth-order valence-electron chi connectivity index (χ4n) is 0.721. The third kappa shape index (κ3) is 3.76. The predicted molar refractivity (Wildman–Crippen MR) is 54.6 cm³/mol. The fourth-order valence-corrected chi connectivity index (χ4v) is 1.61. The van der Waals surface area contributed by atoms with Crippen LogP contribution in [0.5, 0.6) is 0 Å². The number of nitrogens with two attached hydrogens (primary N) is 1. The SMILES string of the molecule is CC(O)(CN)CSc1ccccn1. The van der Waals surface area contributed by atoms with Crippen LogP contribution in [0.2, 0.25) is 0 Å². The van der Waals surface area contributed by atoms with Crippen molar-refractivity contribution in [2.45, 2.75) is 17.6 Å². The van der Waals surface area contributed by atoms with Gasteiger partial charge in [-0.15, -0.1) is 11.8 Å². The van der Waals surface area contributed by atoms with Crippen molar-refractivity contribution in [1.29, 1.82) is 0 Å². The van der Waals surface area contributed by atoms with E-state index < -0.39 is 5.60 Å². The average molecular weight is 198 g/mol. The van der Waals surface area contributed by atoms with Crippen molar-refractivity contribution in [2.24, 2.45) is 5.73 Å². The van der Waals surface area contributed by atoms with Crippen molar-refractivity contribution in [3.05, 3.63) is 24.4 Å². The fraction of sp³-hybridized carbons (Fsp3) is 0.444. The second-order valence-electron chi connectivity index (χ2n) is 3.16. The quantitative estimate of drug-likeness (QED) is 0.705. The zero-order valence-electron chi connectivity index (χ0n) is 7.60. The van der Waals surface area contributed by atoms with E-state index >= 15 is 0 Å². The van der Waals surface area contributed by atoms with Gasteiger partial charge in [-0.3, -0.25) is 0 Å². The smallest absolute Gasteiger partial charge is 0.0960 e. The highest BCUT2D eigenvalue weighted by Crippen LogP contribution is 2.19. The molecule has 0 aliphatic heterocycles. The molecule has 1 unspecified atom stereocenters. The Morgan fingerprint density at radius 3 is 2.92 bits per heavy atom. The molecule has 3 nitrogen and oxygen atoms in total. The maximum Gasteiger partial charge on any atom is 0.0960 e. The first-order chi connectivity index (χ1) is 6.14. The summed E-state index contributed by atoms with van der Waals surface area (Å²) in [6.45, 7) is 2.00. The Bertz CT molecular complexity index is 251. The third-order valence-electron chi connectivity index (χ3n) is 1.61. The number of aromatic nitrogens is 1. The lowest BCUT2D eigenvalue weighted by atomic mass is 10.1. The molecule has 4 heteroatoms. The van der Waals surface area contributed by atoms with E-state index in [0.29, 0.717) is 5.75 Å². The molecule has 1 aromatic rings. The number of nitrogens with zero attached hydrogens (tertiary/aromatic N) is 1. The van der Waals surface area contributed by atoms with Crippen molar-refractivity contribution in [2.75, 3.05) is 12.3 Å². The van der Waals surface area contributed by atoms with Crippen molar-refractivity contribution >= 4 is 11.8 Å². The van der Waals surface area contributed by atoms with Crippen LogP contribution in [0.25, 0.3) is 0 Å². The molecular formula is C9H14N2OS. The van der Waals surface area contributed by atoms with Crippen LogP contribution >= 0.6 is 11.8 Å². The standard InChI is InChI=1S/C9H14N2OS/c1-9(12,6-10)7-13-8-4-2-3-5-11-8/h2-5,12H,6-7,10H2,1H3. The summed E-state index contributed by atoms with van der Waals surface area (Å²) in [6, 6.07) is 5.70. The Kier molecular flexibility index (Phi) is 3.71. The van der Waals surface area contributed by atoms with E-state index in [2.05, 4.69) is 4.98 Å². The molecule has 0 aromatic carbocycles. The molecule has 0 radical (unpaired) electrons. The molecule has 1 rings (SSSR count). The van der Waals surface area contributed by atoms with Gasteiger partial charge in [0.2, 0.25) is 0 Å². The molecule has 72 valence electrons. The summed E-state index contributed by atoms with van der Waals surface area (Å²) in [5.74, 6) is 0.570. The predicted octanol–water partition coefficient (Wildman–Crippen LogP) is 0.883. The number of aliphatic hydroxyl groups is 1. The molecule has 1 heterocycles. The van der Waals surface area contributed by atoms with E-state index in [-0.39, 0.29) is 6.54 Å². The topological polar surface area (TPSA) is 59.1 Å². The second kappa shape index (κ2) is 4.60. The van der Waals surface area contributed by atoms with Crippen LogP contribution in [0.3, 0.4) is 0 Å². The molecule has 0 aliphatic rings. The highest BCUT2D eigenvalue weighted by molar-refractivity contribution is 7.99. The summed E-state index contributed by atoms with van der Waals surface area (Å²) in [6.07, 6.45) is 1.74. The van der Waals surface area contributed by atoms with E-state index in [1.165, 1.54) is 11.8 Å². The van der Waals surface area contributed by atoms with Crippen molar-refractivity contribution in [3.8, 4) is 0 Å². The van der Waals surface area contributed by atoms with Gasteiger partial charge >= 0.3 is 0 Å². The maximum atomic E-state index is 9.61. The first-order valence-corrected chi connectivity index (χ1v) is 5.09. The summed E-state index contributed by atoms with van der Waals surface area (Å²) in [5, 5.41) is 10.5. The van der Waals surface area contributed by atoms with Crippen LogP contribution in [0, 0.1) is 0 Å². The maximum absolute atomic E-state index is 9.61. The van der Waals surface area contributed by atoms with Gasteiger partial charge in [-0.05, 0) is 19.1 Å². The van der Waals surface area contributed by atoms with Crippen molar-refractivity contribution in [3.63, 3.8) is 0 Å². The summed E-state index contributed by atoms with van der Waals surface area (Å²) in [5.41, 5.74) is 4.58. The molecule has 13 heavy (non-hydrogen) atoms. The number of hydrogen-bond acceptors (Lipinski definition) is 4. The van der Waals surface area contributed by atoms with Gasteiger partial charge in [-0.2, -0.15) is 0 Å². The van der Waals surface area contributed by atoms with E-state index in [4.69, 9.17) is 5.73 Å². The van der Waals surface area contributed by atoms with Crippen LogP contribution in [0.15, 0.2) is 29.4 Å². The molecule has 3 N–H and O–H groups in total. The highest BCUT2D eigenvalue weighted by Gasteiger charge is 2.18. The van der Waals surface area contributed by atoms with Gasteiger partial charge in [0.05, 0.1) is 10.6 Å². The van der Waals surface area contributed by atoms with Gasteiger partial charge in [0, 0.05) is 18.5 Å². The van der Waals surface area contributed by atoms with E-state index in [9.17, 15) is 5.11 Å².